The molecule has 1 fully saturated rings. The van der Waals surface area contributed by atoms with E-state index in [1.807, 2.05) is 23.9 Å². The van der Waals surface area contributed by atoms with Crippen LogP contribution in [0.15, 0.2) is 23.5 Å². The van der Waals surface area contributed by atoms with Crippen LogP contribution in [-0.2, 0) is 6.54 Å². The molecule has 5 nitrogen and oxygen atoms in total. The number of thioether (sulfide) groups is 1. The first-order chi connectivity index (χ1) is 10.2. The third kappa shape index (κ3) is 4.35. The Bertz CT molecular complexity index is 486. The first kappa shape index (κ1) is 16.1. The van der Waals surface area contributed by atoms with Crippen molar-refractivity contribution in [2.75, 3.05) is 12.8 Å². The van der Waals surface area contributed by atoms with Crippen LogP contribution in [0.1, 0.15) is 43.4 Å². The van der Waals surface area contributed by atoms with Gasteiger partial charge in [0.1, 0.15) is 5.69 Å². The molecule has 0 aromatic carbocycles. The van der Waals surface area contributed by atoms with Crippen molar-refractivity contribution < 1.29 is 5.21 Å². The van der Waals surface area contributed by atoms with E-state index in [2.05, 4.69) is 21.7 Å². The predicted octanol–water partition coefficient (Wildman–Crippen LogP) is 2.33. The van der Waals surface area contributed by atoms with Gasteiger partial charge in [-0.05, 0) is 36.8 Å². The van der Waals surface area contributed by atoms with E-state index in [1.54, 1.807) is 6.20 Å². The molecule has 0 amide bonds. The van der Waals surface area contributed by atoms with Gasteiger partial charge in [-0.2, -0.15) is 11.8 Å². The van der Waals surface area contributed by atoms with Crippen LogP contribution >= 0.6 is 11.8 Å². The van der Waals surface area contributed by atoms with Crippen molar-refractivity contribution in [2.24, 2.45) is 10.9 Å². The molecule has 1 heterocycles. The lowest BCUT2D eigenvalue weighted by atomic mass is 9.88. The van der Waals surface area contributed by atoms with Crippen molar-refractivity contribution in [1.29, 1.82) is 0 Å². The smallest absolute Gasteiger partial charge is 0.188 e. The van der Waals surface area contributed by atoms with Crippen LogP contribution in [0.2, 0.25) is 0 Å². The molecule has 0 radical (unpaired) electrons. The molecule has 0 unspecified atom stereocenters. The summed E-state index contributed by atoms with van der Waals surface area (Å²) in [5.41, 5.74) is 7.17. The maximum Gasteiger partial charge on any atom is 0.188 e. The summed E-state index contributed by atoms with van der Waals surface area (Å²) in [7, 11) is 0. The SMILES string of the molecule is CSC1(CNCc2ccnc(/C(N)=N/O)c2)CCCCC1. The zero-order valence-electron chi connectivity index (χ0n) is 12.5. The zero-order chi connectivity index (χ0) is 15.1. The Morgan fingerprint density at radius 2 is 2.24 bits per heavy atom. The van der Waals surface area contributed by atoms with Crippen molar-refractivity contribution >= 4 is 17.6 Å². The Labute approximate surface area is 130 Å². The number of nitrogens with two attached hydrogens (primary N) is 1. The Morgan fingerprint density at radius 3 is 2.90 bits per heavy atom. The van der Waals surface area contributed by atoms with Gasteiger partial charge in [-0.1, -0.05) is 24.4 Å². The fourth-order valence-electron chi connectivity index (χ4n) is 2.86. The quantitative estimate of drug-likeness (QED) is 0.325. The minimum absolute atomic E-state index is 0.0460. The molecule has 116 valence electrons. The number of amidine groups is 1. The van der Waals surface area contributed by atoms with Crippen LogP contribution in [0.5, 0.6) is 0 Å². The largest absolute Gasteiger partial charge is 0.409 e. The number of pyridine rings is 1. The highest BCUT2D eigenvalue weighted by molar-refractivity contribution is 8.00. The summed E-state index contributed by atoms with van der Waals surface area (Å²) in [6, 6.07) is 3.81. The van der Waals surface area contributed by atoms with Crippen LogP contribution in [0.25, 0.3) is 0 Å². The highest BCUT2D eigenvalue weighted by Crippen LogP contribution is 2.37. The van der Waals surface area contributed by atoms with E-state index in [0.29, 0.717) is 10.4 Å². The fourth-order valence-corrected chi connectivity index (χ4v) is 3.80. The number of oxime groups is 1. The summed E-state index contributed by atoms with van der Waals surface area (Å²) in [4.78, 5) is 4.09. The summed E-state index contributed by atoms with van der Waals surface area (Å²) < 4.78 is 0.389. The van der Waals surface area contributed by atoms with Gasteiger partial charge in [0, 0.05) is 24.0 Å². The molecule has 1 aliphatic rings. The molecule has 1 aliphatic carbocycles. The minimum Gasteiger partial charge on any atom is -0.409 e. The molecule has 1 saturated carbocycles. The average molecular weight is 308 g/mol. The third-order valence-electron chi connectivity index (χ3n) is 4.17. The second-order valence-corrected chi connectivity index (χ2v) is 6.86. The molecular formula is C15H24N4OS. The van der Waals surface area contributed by atoms with Gasteiger partial charge in [0.25, 0.3) is 0 Å². The molecule has 1 aromatic heterocycles. The van der Waals surface area contributed by atoms with Gasteiger partial charge in [-0.3, -0.25) is 4.98 Å². The number of nitrogens with one attached hydrogen (secondary N) is 1. The monoisotopic (exact) mass is 308 g/mol. The first-order valence-corrected chi connectivity index (χ1v) is 8.60. The highest BCUT2D eigenvalue weighted by Gasteiger charge is 2.30. The number of nitrogens with zero attached hydrogens (tertiary/aromatic N) is 2. The molecule has 4 N–H and O–H groups in total. The van der Waals surface area contributed by atoms with E-state index in [9.17, 15) is 0 Å². The Hall–Kier alpha value is -1.27. The van der Waals surface area contributed by atoms with Crippen LogP contribution in [0.4, 0.5) is 0 Å². The summed E-state index contributed by atoms with van der Waals surface area (Å²) in [5, 5.41) is 15.2. The Balaban J connectivity index is 1.91. The van der Waals surface area contributed by atoms with Crippen LogP contribution < -0.4 is 11.1 Å². The second-order valence-electron chi connectivity index (χ2n) is 5.59. The van der Waals surface area contributed by atoms with Crippen molar-refractivity contribution in [3.8, 4) is 0 Å². The molecule has 0 atom stereocenters. The lowest BCUT2D eigenvalue weighted by molar-refractivity contribution is 0.318. The molecular weight excluding hydrogens is 284 g/mol. The summed E-state index contributed by atoms with van der Waals surface area (Å²) in [5.74, 6) is 0.0460. The molecule has 21 heavy (non-hydrogen) atoms. The van der Waals surface area contributed by atoms with E-state index < -0.39 is 0 Å². The molecule has 2 rings (SSSR count). The standard InChI is InChI=1S/C15H24N4OS/c1-21-15(6-3-2-4-7-15)11-17-10-12-5-8-18-13(9-12)14(16)19-20/h5,8-9,17,20H,2-4,6-7,10-11H2,1H3,(H2,16,19). The van der Waals surface area contributed by atoms with Gasteiger partial charge in [-0.25, -0.2) is 0 Å². The van der Waals surface area contributed by atoms with E-state index in [0.717, 1.165) is 18.7 Å². The van der Waals surface area contributed by atoms with Crippen molar-refractivity contribution in [1.82, 2.24) is 10.3 Å². The molecule has 1 aromatic rings. The van der Waals surface area contributed by atoms with E-state index >= 15 is 0 Å². The lowest BCUT2D eigenvalue weighted by Crippen LogP contribution is -2.39. The van der Waals surface area contributed by atoms with E-state index in [4.69, 9.17) is 10.9 Å². The van der Waals surface area contributed by atoms with Gasteiger partial charge in [-0.15, -0.1) is 0 Å². The predicted molar refractivity (Wildman–Crippen MR) is 87.8 cm³/mol. The average Bonchev–Trinajstić information content (AvgIpc) is 2.55. The number of aromatic nitrogens is 1. The van der Waals surface area contributed by atoms with Crippen molar-refractivity contribution in [3.63, 3.8) is 0 Å². The van der Waals surface area contributed by atoms with Crippen LogP contribution in [-0.4, -0.2) is 33.6 Å². The van der Waals surface area contributed by atoms with Crippen LogP contribution in [0, 0.1) is 0 Å². The third-order valence-corrected chi connectivity index (χ3v) is 5.59. The summed E-state index contributed by atoms with van der Waals surface area (Å²) in [6.45, 7) is 1.80. The zero-order valence-corrected chi connectivity index (χ0v) is 13.3. The van der Waals surface area contributed by atoms with Crippen molar-refractivity contribution in [3.05, 3.63) is 29.6 Å². The van der Waals surface area contributed by atoms with Gasteiger partial charge in [0.2, 0.25) is 0 Å². The highest BCUT2D eigenvalue weighted by atomic mass is 32.2. The topological polar surface area (TPSA) is 83.5 Å². The second kappa shape index (κ2) is 7.66. The number of rotatable bonds is 6. The van der Waals surface area contributed by atoms with E-state index in [1.165, 1.54) is 32.1 Å². The molecule has 0 saturated heterocycles. The van der Waals surface area contributed by atoms with Gasteiger partial charge in [0.15, 0.2) is 5.84 Å². The molecule has 0 aliphatic heterocycles. The normalized spacial score (nSPS) is 18.6. The molecule has 6 heteroatoms. The van der Waals surface area contributed by atoms with E-state index in [-0.39, 0.29) is 5.84 Å². The Morgan fingerprint density at radius 1 is 1.48 bits per heavy atom. The summed E-state index contributed by atoms with van der Waals surface area (Å²) in [6.07, 6.45) is 10.6. The maximum atomic E-state index is 8.70. The maximum absolute atomic E-state index is 8.70. The first-order valence-electron chi connectivity index (χ1n) is 7.38. The Kier molecular flexibility index (Phi) is 5.87. The molecule has 0 bridgehead atoms. The van der Waals surface area contributed by atoms with Crippen molar-refractivity contribution in [2.45, 2.75) is 43.4 Å². The summed E-state index contributed by atoms with van der Waals surface area (Å²) >= 11 is 1.99. The number of hydrogen-bond acceptors (Lipinski definition) is 5. The van der Waals surface area contributed by atoms with Crippen LogP contribution in [0.3, 0.4) is 0 Å². The van der Waals surface area contributed by atoms with Gasteiger partial charge >= 0.3 is 0 Å². The fraction of sp³-hybridized carbons (Fsp3) is 0.600. The number of hydrogen-bond donors (Lipinski definition) is 3. The van der Waals surface area contributed by atoms with Gasteiger partial charge in [0.05, 0.1) is 0 Å². The van der Waals surface area contributed by atoms with Gasteiger partial charge < -0.3 is 16.3 Å². The lowest BCUT2D eigenvalue weighted by Gasteiger charge is -2.36. The minimum atomic E-state index is 0.0460. The molecule has 0 spiro atoms.